The van der Waals surface area contributed by atoms with E-state index in [9.17, 15) is 18.0 Å². The fourth-order valence-corrected chi connectivity index (χ4v) is 1.97. The van der Waals surface area contributed by atoms with Crippen LogP contribution >= 0.6 is 35.6 Å². The second kappa shape index (κ2) is 11.4. The third-order valence-electron chi connectivity index (χ3n) is 3.11. The van der Waals surface area contributed by atoms with Crippen molar-refractivity contribution in [3.8, 4) is 0 Å². The number of rotatable bonds is 6. The van der Waals surface area contributed by atoms with Crippen molar-refractivity contribution in [1.82, 2.24) is 10.6 Å². The minimum absolute atomic E-state index is 0. The number of carbonyl (C=O) groups is 1. The lowest BCUT2D eigenvalue weighted by Gasteiger charge is -2.13. The molecule has 0 spiro atoms. The summed E-state index contributed by atoms with van der Waals surface area (Å²) in [6.45, 7) is 1.75. The molecule has 1 aromatic rings. The van der Waals surface area contributed by atoms with E-state index in [0.29, 0.717) is 10.7 Å². The van der Waals surface area contributed by atoms with Crippen molar-refractivity contribution in [2.45, 2.75) is 25.9 Å². The van der Waals surface area contributed by atoms with E-state index in [4.69, 9.17) is 11.6 Å². The molecule has 0 aromatic heterocycles. The van der Waals surface area contributed by atoms with Gasteiger partial charge in [0.15, 0.2) is 5.96 Å². The van der Waals surface area contributed by atoms with Crippen molar-refractivity contribution < 1.29 is 18.0 Å². The summed E-state index contributed by atoms with van der Waals surface area (Å²) in [6, 6.07) is 5.20. The van der Waals surface area contributed by atoms with E-state index >= 15 is 0 Å². The molecule has 0 saturated carbocycles. The van der Waals surface area contributed by atoms with Gasteiger partial charge < -0.3 is 16.0 Å². The van der Waals surface area contributed by atoms with Gasteiger partial charge in [0.1, 0.15) is 0 Å². The molecule has 0 aliphatic heterocycles. The number of guanidine groups is 1. The zero-order valence-corrected chi connectivity index (χ0v) is 16.9. The number of anilines is 1. The minimum atomic E-state index is -4.22. The predicted molar refractivity (Wildman–Crippen MR) is 105 cm³/mol. The van der Waals surface area contributed by atoms with Crippen molar-refractivity contribution in [1.29, 1.82) is 0 Å². The number of hydrogen-bond donors (Lipinski definition) is 3. The molecule has 0 aliphatic rings. The maximum Gasteiger partial charge on any atom is 0.390 e. The summed E-state index contributed by atoms with van der Waals surface area (Å²) in [5.41, 5.74) is 1.39. The van der Waals surface area contributed by atoms with Gasteiger partial charge in [0, 0.05) is 37.3 Å². The summed E-state index contributed by atoms with van der Waals surface area (Å²) < 4.78 is 36.2. The third kappa shape index (κ3) is 9.73. The van der Waals surface area contributed by atoms with Crippen molar-refractivity contribution in [3.05, 3.63) is 28.8 Å². The molecule has 0 aliphatic carbocycles. The monoisotopic (exact) mass is 492 g/mol. The Kier molecular flexibility index (Phi) is 10.8. The summed E-state index contributed by atoms with van der Waals surface area (Å²) in [6.07, 6.45) is -5.05. The van der Waals surface area contributed by atoms with Crippen LogP contribution < -0.4 is 16.0 Å². The van der Waals surface area contributed by atoms with Crippen molar-refractivity contribution in [2.24, 2.45) is 4.99 Å². The fraction of sp³-hybridized carbons (Fsp3) is 0.467. The summed E-state index contributed by atoms with van der Waals surface area (Å²) in [5.74, 6) is -0.0235. The lowest BCUT2D eigenvalue weighted by molar-refractivity contribution is -0.132. The number of nitrogens with zero attached hydrogens (tertiary/aromatic N) is 1. The molecule has 0 unspecified atom stereocenters. The van der Waals surface area contributed by atoms with Gasteiger partial charge in [0.05, 0.1) is 6.42 Å². The summed E-state index contributed by atoms with van der Waals surface area (Å²) >= 11 is 5.97. The molecule has 10 heteroatoms. The van der Waals surface area contributed by atoms with Crippen molar-refractivity contribution in [2.75, 3.05) is 25.5 Å². The Labute approximate surface area is 166 Å². The van der Waals surface area contributed by atoms with Crippen LogP contribution in [0.25, 0.3) is 0 Å². The van der Waals surface area contributed by atoms with E-state index in [-0.39, 0.29) is 55.4 Å². The first-order valence-corrected chi connectivity index (χ1v) is 7.67. The molecule has 3 N–H and O–H groups in total. The maximum atomic E-state index is 12.1. The molecule has 0 fully saturated rings. The quantitative estimate of drug-likeness (QED) is 0.322. The largest absolute Gasteiger partial charge is 0.390 e. The molecule has 1 rings (SSSR count). The molecule has 25 heavy (non-hydrogen) atoms. The van der Waals surface area contributed by atoms with Crippen LogP contribution in [-0.2, 0) is 4.79 Å². The number of carbonyl (C=O) groups excluding carboxylic acids is 1. The molecule has 0 bridgehead atoms. The highest BCUT2D eigenvalue weighted by atomic mass is 127. The van der Waals surface area contributed by atoms with Crippen LogP contribution in [0.15, 0.2) is 23.2 Å². The highest BCUT2D eigenvalue weighted by molar-refractivity contribution is 14.0. The molecule has 142 valence electrons. The number of benzene rings is 1. The minimum Gasteiger partial charge on any atom is -0.356 e. The standard InChI is InChI=1S/C15H20ClF3N4O.HI/c1-10-11(16)4-3-5-12(10)23-13(24)6-8-21-14(20-2)22-9-7-15(17,18)19;/h3-5H,6-9H2,1-2H3,(H,23,24)(H2,20,21,22);1H. The van der Waals surface area contributed by atoms with Crippen LogP contribution in [-0.4, -0.2) is 38.2 Å². The molecule has 0 saturated heterocycles. The van der Waals surface area contributed by atoms with Crippen LogP contribution in [0.1, 0.15) is 18.4 Å². The Morgan fingerprint density at radius 3 is 2.48 bits per heavy atom. The molecule has 0 radical (unpaired) electrons. The van der Waals surface area contributed by atoms with Crippen LogP contribution in [0.4, 0.5) is 18.9 Å². The third-order valence-corrected chi connectivity index (χ3v) is 3.52. The van der Waals surface area contributed by atoms with Crippen LogP contribution in [0.5, 0.6) is 0 Å². The average molecular weight is 493 g/mol. The highest BCUT2D eigenvalue weighted by Gasteiger charge is 2.26. The van der Waals surface area contributed by atoms with E-state index in [0.717, 1.165) is 5.56 Å². The second-order valence-corrected chi connectivity index (χ2v) is 5.41. The van der Waals surface area contributed by atoms with Crippen molar-refractivity contribution >= 4 is 53.1 Å². The zero-order chi connectivity index (χ0) is 18.2. The Morgan fingerprint density at radius 1 is 1.24 bits per heavy atom. The van der Waals surface area contributed by atoms with Gasteiger partial charge in [-0.15, -0.1) is 24.0 Å². The highest BCUT2D eigenvalue weighted by Crippen LogP contribution is 2.22. The van der Waals surface area contributed by atoms with Crippen LogP contribution in [0.2, 0.25) is 5.02 Å². The van der Waals surface area contributed by atoms with Gasteiger partial charge >= 0.3 is 6.18 Å². The molecule has 1 amide bonds. The number of nitrogens with one attached hydrogen (secondary N) is 3. The first-order chi connectivity index (χ1) is 11.2. The smallest absolute Gasteiger partial charge is 0.356 e. The number of aliphatic imine (C=N–C) groups is 1. The first-order valence-electron chi connectivity index (χ1n) is 7.29. The summed E-state index contributed by atoms with van der Waals surface area (Å²) in [5, 5.41) is 8.61. The van der Waals surface area contributed by atoms with Gasteiger partial charge in [0.25, 0.3) is 0 Å². The number of amides is 1. The van der Waals surface area contributed by atoms with E-state index in [1.54, 1.807) is 25.1 Å². The Balaban J connectivity index is 0.00000576. The maximum absolute atomic E-state index is 12.1. The number of alkyl halides is 3. The predicted octanol–water partition coefficient (Wildman–Crippen LogP) is 3.71. The van der Waals surface area contributed by atoms with Gasteiger partial charge in [-0.1, -0.05) is 17.7 Å². The normalized spacial score (nSPS) is 11.5. The average Bonchev–Trinajstić information content (AvgIpc) is 2.49. The fourth-order valence-electron chi connectivity index (χ4n) is 1.79. The lowest BCUT2D eigenvalue weighted by Crippen LogP contribution is -2.40. The van der Waals surface area contributed by atoms with Gasteiger partial charge in [0.2, 0.25) is 5.91 Å². The summed E-state index contributed by atoms with van der Waals surface area (Å²) in [7, 11) is 1.44. The Hall–Kier alpha value is -1.23. The summed E-state index contributed by atoms with van der Waals surface area (Å²) in [4.78, 5) is 15.7. The van der Waals surface area contributed by atoms with Gasteiger partial charge in [-0.3, -0.25) is 9.79 Å². The van der Waals surface area contributed by atoms with E-state index in [2.05, 4.69) is 20.9 Å². The Bertz CT molecular complexity index is 597. The van der Waals surface area contributed by atoms with E-state index in [1.807, 2.05) is 0 Å². The van der Waals surface area contributed by atoms with Gasteiger partial charge in [-0.25, -0.2) is 0 Å². The number of hydrogen-bond acceptors (Lipinski definition) is 2. The number of halogens is 5. The SMILES string of the molecule is CN=C(NCCC(=O)Nc1cccc(Cl)c1C)NCCC(F)(F)F.I. The van der Waals surface area contributed by atoms with E-state index < -0.39 is 12.6 Å². The Morgan fingerprint density at radius 2 is 1.88 bits per heavy atom. The van der Waals surface area contributed by atoms with Crippen LogP contribution in [0.3, 0.4) is 0 Å². The van der Waals surface area contributed by atoms with Crippen LogP contribution in [0, 0.1) is 6.92 Å². The molecular formula is C15H21ClF3IN4O. The van der Waals surface area contributed by atoms with E-state index in [1.165, 1.54) is 7.05 Å². The molecule has 0 atom stereocenters. The lowest BCUT2D eigenvalue weighted by atomic mass is 10.2. The molecular weight excluding hydrogens is 472 g/mol. The van der Waals surface area contributed by atoms with Gasteiger partial charge in [-0.05, 0) is 24.6 Å². The second-order valence-electron chi connectivity index (χ2n) is 5.00. The van der Waals surface area contributed by atoms with Crippen molar-refractivity contribution in [3.63, 3.8) is 0 Å². The zero-order valence-electron chi connectivity index (χ0n) is 13.8. The molecule has 5 nitrogen and oxygen atoms in total. The van der Waals surface area contributed by atoms with Gasteiger partial charge in [-0.2, -0.15) is 13.2 Å². The molecule has 1 aromatic carbocycles. The first kappa shape index (κ1) is 23.8. The molecule has 0 heterocycles. The topological polar surface area (TPSA) is 65.5 Å².